The number of ether oxygens (including phenoxy) is 1. The first kappa shape index (κ1) is 9.74. The van der Waals surface area contributed by atoms with Crippen molar-refractivity contribution in [3.63, 3.8) is 0 Å². The van der Waals surface area contributed by atoms with Gasteiger partial charge in [0.05, 0.1) is 12.7 Å². The Labute approximate surface area is 77.7 Å². The van der Waals surface area contributed by atoms with Crippen LogP contribution in [-0.4, -0.2) is 20.1 Å². The molecule has 70 valence electrons. The Morgan fingerprint density at radius 2 is 2.15 bits per heavy atom. The predicted octanol–water partition coefficient (Wildman–Crippen LogP) is 1.19. The third-order valence-corrected chi connectivity index (χ3v) is 1.79. The number of nitrogens with one attached hydrogen (secondary N) is 1. The predicted molar refractivity (Wildman–Crippen MR) is 50.5 cm³/mol. The van der Waals surface area contributed by atoms with Crippen molar-refractivity contribution in [1.82, 2.24) is 5.32 Å². The molecule has 0 bridgehead atoms. The minimum Gasteiger partial charge on any atom is -0.465 e. The number of esters is 1. The van der Waals surface area contributed by atoms with Crippen molar-refractivity contribution in [1.29, 1.82) is 0 Å². The highest BCUT2D eigenvalue weighted by molar-refractivity contribution is 5.90. The van der Waals surface area contributed by atoms with Gasteiger partial charge in [-0.2, -0.15) is 0 Å². The molecule has 0 unspecified atom stereocenters. The molecule has 0 atom stereocenters. The molecular formula is C10H13NO2. The van der Waals surface area contributed by atoms with Gasteiger partial charge in [0.25, 0.3) is 0 Å². The lowest BCUT2D eigenvalue weighted by molar-refractivity contribution is 0.0599. The average Bonchev–Trinajstić information content (AvgIpc) is 2.18. The topological polar surface area (TPSA) is 38.3 Å². The molecule has 0 aliphatic carbocycles. The highest BCUT2D eigenvalue weighted by atomic mass is 16.5. The van der Waals surface area contributed by atoms with Crippen LogP contribution in [0.4, 0.5) is 0 Å². The van der Waals surface area contributed by atoms with Crippen LogP contribution in [0.2, 0.25) is 0 Å². The summed E-state index contributed by atoms with van der Waals surface area (Å²) in [7, 11) is 3.23. The summed E-state index contributed by atoms with van der Waals surface area (Å²) in [4.78, 5) is 11.3. The summed E-state index contributed by atoms with van der Waals surface area (Å²) < 4.78 is 4.66. The molecule has 1 aromatic rings. The molecular weight excluding hydrogens is 166 g/mol. The quantitative estimate of drug-likeness (QED) is 0.708. The Hall–Kier alpha value is -1.35. The number of hydrogen-bond donors (Lipinski definition) is 1. The lowest BCUT2D eigenvalue weighted by Gasteiger charge is -2.06. The normalized spacial score (nSPS) is 9.69. The van der Waals surface area contributed by atoms with Gasteiger partial charge in [0.1, 0.15) is 0 Å². The summed E-state index contributed by atoms with van der Waals surface area (Å²) in [5.74, 6) is -0.286. The van der Waals surface area contributed by atoms with E-state index in [0.717, 1.165) is 5.56 Å². The number of carbonyl (C=O) groups excluding carboxylic acids is 1. The van der Waals surface area contributed by atoms with Crippen molar-refractivity contribution in [2.24, 2.45) is 0 Å². The number of carbonyl (C=O) groups is 1. The number of methoxy groups -OCH3 is 1. The molecule has 0 aliphatic heterocycles. The highest BCUT2D eigenvalue weighted by Crippen LogP contribution is 2.09. The van der Waals surface area contributed by atoms with Gasteiger partial charge in [-0.3, -0.25) is 0 Å². The summed E-state index contributed by atoms with van der Waals surface area (Å²) in [6.07, 6.45) is 0. The van der Waals surface area contributed by atoms with Gasteiger partial charge in [0, 0.05) is 6.54 Å². The van der Waals surface area contributed by atoms with Crippen molar-refractivity contribution >= 4 is 5.97 Å². The molecule has 1 aromatic carbocycles. The van der Waals surface area contributed by atoms with E-state index in [0.29, 0.717) is 12.1 Å². The van der Waals surface area contributed by atoms with E-state index >= 15 is 0 Å². The van der Waals surface area contributed by atoms with Crippen LogP contribution >= 0.6 is 0 Å². The zero-order valence-corrected chi connectivity index (χ0v) is 7.83. The first-order chi connectivity index (χ1) is 6.29. The second-order valence-electron chi connectivity index (χ2n) is 2.68. The second kappa shape index (κ2) is 4.62. The van der Waals surface area contributed by atoms with E-state index in [-0.39, 0.29) is 5.97 Å². The molecule has 0 aliphatic rings. The summed E-state index contributed by atoms with van der Waals surface area (Å²) in [5, 5.41) is 3.00. The summed E-state index contributed by atoms with van der Waals surface area (Å²) in [6.45, 7) is 0.672. The van der Waals surface area contributed by atoms with Gasteiger partial charge in [-0.1, -0.05) is 18.2 Å². The zero-order valence-electron chi connectivity index (χ0n) is 7.83. The molecule has 0 fully saturated rings. The van der Waals surface area contributed by atoms with Crippen molar-refractivity contribution in [2.75, 3.05) is 14.2 Å². The Kier molecular flexibility index (Phi) is 3.46. The van der Waals surface area contributed by atoms with Crippen molar-refractivity contribution < 1.29 is 9.53 Å². The minimum absolute atomic E-state index is 0.286. The minimum atomic E-state index is -0.286. The van der Waals surface area contributed by atoms with Crippen molar-refractivity contribution in [2.45, 2.75) is 6.54 Å². The highest BCUT2D eigenvalue weighted by Gasteiger charge is 2.09. The molecule has 0 spiro atoms. The van der Waals surface area contributed by atoms with E-state index in [1.807, 2.05) is 25.2 Å². The summed E-state index contributed by atoms with van der Waals surface area (Å²) in [6, 6.07) is 7.39. The fourth-order valence-electron chi connectivity index (χ4n) is 1.17. The maximum absolute atomic E-state index is 11.3. The molecule has 1 N–H and O–H groups in total. The van der Waals surface area contributed by atoms with Crippen LogP contribution in [0.3, 0.4) is 0 Å². The van der Waals surface area contributed by atoms with Crippen LogP contribution in [0, 0.1) is 0 Å². The van der Waals surface area contributed by atoms with E-state index in [1.165, 1.54) is 7.11 Å². The fourth-order valence-corrected chi connectivity index (χ4v) is 1.17. The van der Waals surface area contributed by atoms with Gasteiger partial charge < -0.3 is 10.1 Å². The largest absolute Gasteiger partial charge is 0.465 e. The number of benzene rings is 1. The summed E-state index contributed by atoms with van der Waals surface area (Å²) >= 11 is 0. The van der Waals surface area contributed by atoms with E-state index < -0.39 is 0 Å². The molecule has 0 radical (unpaired) electrons. The molecule has 1 rings (SSSR count). The van der Waals surface area contributed by atoms with Crippen LogP contribution in [0.1, 0.15) is 15.9 Å². The number of rotatable bonds is 3. The standard InChI is InChI=1S/C10H13NO2/c1-11-7-8-5-3-4-6-9(8)10(12)13-2/h3-6,11H,7H2,1-2H3. The van der Waals surface area contributed by atoms with Gasteiger partial charge in [-0.25, -0.2) is 4.79 Å². The molecule has 13 heavy (non-hydrogen) atoms. The van der Waals surface area contributed by atoms with Crippen LogP contribution in [-0.2, 0) is 11.3 Å². The third kappa shape index (κ3) is 2.29. The Morgan fingerprint density at radius 1 is 1.46 bits per heavy atom. The molecule has 0 aromatic heterocycles. The lowest BCUT2D eigenvalue weighted by atomic mass is 10.1. The van der Waals surface area contributed by atoms with Gasteiger partial charge in [0.15, 0.2) is 0 Å². The first-order valence-electron chi connectivity index (χ1n) is 4.10. The van der Waals surface area contributed by atoms with Gasteiger partial charge in [-0.15, -0.1) is 0 Å². The Morgan fingerprint density at radius 3 is 2.77 bits per heavy atom. The Balaban J connectivity index is 2.97. The molecule has 0 heterocycles. The smallest absolute Gasteiger partial charge is 0.338 e. The molecule has 0 saturated carbocycles. The molecule has 0 amide bonds. The molecule has 3 nitrogen and oxygen atoms in total. The SMILES string of the molecule is CNCc1ccccc1C(=O)OC. The lowest BCUT2D eigenvalue weighted by Crippen LogP contribution is -2.11. The third-order valence-electron chi connectivity index (χ3n) is 1.79. The van der Waals surface area contributed by atoms with Crippen LogP contribution in [0.5, 0.6) is 0 Å². The first-order valence-corrected chi connectivity index (χ1v) is 4.10. The van der Waals surface area contributed by atoms with Crippen molar-refractivity contribution in [3.05, 3.63) is 35.4 Å². The second-order valence-corrected chi connectivity index (χ2v) is 2.68. The van der Waals surface area contributed by atoms with E-state index in [4.69, 9.17) is 0 Å². The Bertz CT molecular complexity index is 297. The van der Waals surface area contributed by atoms with E-state index in [1.54, 1.807) is 6.07 Å². The van der Waals surface area contributed by atoms with E-state index in [2.05, 4.69) is 10.1 Å². The average molecular weight is 179 g/mol. The zero-order chi connectivity index (χ0) is 9.68. The van der Waals surface area contributed by atoms with E-state index in [9.17, 15) is 4.79 Å². The van der Waals surface area contributed by atoms with Gasteiger partial charge >= 0.3 is 5.97 Å². The monoisotopic (exact) mass is 179 g/mol. The van der Waals surface area contributed by atoms with Crippen LogP contribution in [0.15, 0.2) is 24.3 Å². The fraction of sp³-hybridized carbons (Fsp3) is 0.300. The molecule has 3 heteroatoms. The number of hydrogen-bond acceptors (Lipinski definition) is 3. The van der Waals surface area contributed by atoms with Crippen LogP contribution in [0.25, 0.3) is 0 Å². The van der Waals surface area contributed by atoms with Gasteiger partial charge in [-0.05, 0) is 18.7 Å². The maximum Gasteiger partial charge on any atom is 0.338 e. The van der Waals surface area contributed by atoms with Crippen molar-refractivity contribution in [3.8, 4) is 0 Å². The summed E-state index contributed by atoms with van der Waals surface area (Å²) in [5.41, 5.74) is 1.58. The molecule has 0 saturated heterocycles. The van der Waals surface area contributed by atoms with Crippen LogP contribution < -0.4 is 5.32 Å². The maximum atomic E-state index is 11.3. The van der Waals surface area contributed by atoms with Gasteiger partial charge in [0.2, 0.25) is 0 Å².